The molecule has 0 saturated heterocycles. The zero-order valence-electron chi connectivity index (χ0n) is 14.5. The number of Topliss-reactive ketones (excluding diaryl/α,β-unsaturated/α-hetero) is 1. The molecular weight excluding hydrogens is 384 g/mol. The van der Waals surface area contributed by atoms with Gasteiger partial charge in [0.1, 0.15) is 17.6 Å². The van der Waals surface area contributed by atoms with Crippen molar-refractivity contribution >= 4 is 51.3 Å². The molecule has 3 aromatic rings. The maximum Gasteiger partial charge on any atom is 0.273 e. The Kier molecular flexibility index (Phi) is 5.43. The quantitative estimate of drug-likeness (QED) is 0.390. The molecule has 0 bridgehead atoms. The van der Waals surface area contributed by atoms with E-state index in [1.807, 2.05) is 0 Å². The van der Waals surface area contributed by atoms with Crippen molar-refractivity contribution in [2.24, 2.45) is 0 Å². The van der Waals surface area contributed by atoms with Crippen LogP contribution in [0.2, 0.25) is 0 Å². The van der Waals surface area contributed by atoms with Crippen LogP contribution in [0.25, 0.3) is 10.3 Å². The highest BCUT2D eigenvalue weighted by Gasteiger charge is 2.13. The summed E-state index contributed by atoms with van der Waals surface area (Å²) in [5.74, 6) is -0.490. The summed E-state index contributed by atoms with van der Waals surface area (Å²) in [6, 6.07) is 6.62. The molecule has 0 fully saturated rings. The fourth-order valence-electron chi connectivity index (χ4n) is 2.55. The topological polar surface area (TPSA) is 86.0 Å². The number of thiazole rings is 1. The van der Waals surface area contributed by atoms with Crippen molar-refractivity contribution in [3.8, 4) is 0 Å². The van der Waals surface area contributed by atoms with E-state index in [1.54, 1.807) is 34.9 Å². The van der Waals surface area contributed by atoms with E-state index < -0.39 is 5.91 Å². The number of hydrogen-bond donors (Lipinski definition) is 1. The van der Waals surface area contributed by atoms with Crippen LogP contribution in [0.3, 0.4) is 0 Å². The summed E-state index contributed by atoms with van der Waals surface area (Å²) in [6.07, 6.45) is 3.01. The molecule has 3 rings (SSSR count). The van der Waals surface area contributed by atoms with Crippen molar-refractivity contribution in [2.75, 3.05) is 5.32 Å². The number of amides is 1. The molecule has 0 aliphatic carbocycles. The van der Waals surface area contributed by atoms with Crippen LogP contribution in [0.15, 0.2) is 48.0 Å². The molecular formula is C18H16N4O3S2. The Morgan fingerprint density at radius 3 is 2.89 bits per heavy atom. The number of anilines is 1. The van der Waals surface area contributed by atoms with Gasteiger partial charge in [0.05, 0.1) is 0 Å². The molecule has 0 spiro atoms. The molecule has 7 nitrogen and oxygen atoms in total. The third-order valence-corrected chi connectivity index (χ3v) is 5.25. The molecule has 0 unspecified atom stereocenters. The lowest BCUT2D eigenvalue weighted by Crippen LogP contribution is -2.27. The van der Waals surface area contributed by atoms with Gasteiger partial charge in [-0.25, -0.2) is 4.98 Å². The number of nitrogens with zero attached hydrogens (tertiary/aromatic N) is 3. The number of benzene rings is 1. The number of aromatic nitrogens is 3. The lowest BCUT2D eigenvalue weighted by Gasteiger charge is -2.08. The fourth-order valence-corrected chi connectivity index (χ4v) is 3.86. The van der Waals surface area contributed by atoms with Crippen LogP contribution >= 0.6 is 23.6 Å². The highest BCUT2D eigenvalue weighted by Crippen LogP contribution is 2.17. The minimum atomic E-state index is -0.395. The Morgan fingerprint density at radius 1 is 1.41 bits per heavy atom. The highest BCUT2D eigenvalue weighted by atomic mass is 32.1. The smallest absolute Gasteiger partial charge is 0.273 e. The van der Waals surface area contributed by atoms with Crippen LogP contribution in [0.5, 0.6) is 0 Å². The molecule has 0 atom stereocenters. The largest absolute Gasteiger partial charge is 0.325 e. The standard InChI is InChI=1S/C18H16N4O3S2/c1-3-7-22-16-15(27-18(22)26)17(25)21(10-19-16)9-14(24)20-13-6-4-5-12(8-13)11(2)23/h3-6,8,10H,1,7,9H2,2H3,(H,20,24). The summed E-state index contributed by atoms with van der Waals surface area (Å²) in [7, 11) is 0. The van der Waals surface area contributed by atoms with Gasteiger partial charge >= 0.3 is 0 Å². The molecule has 0 aliphatic rings. The molecule has 1 aromatic carbocycles. The predicted molar refractivity (Wildman–Crippen MR) is 108 cm³/mol. The summed E-state index contributed by atoms with van der Waals surface area (Å²) in [5, 5.41) is 2.68. The molecule has 138 valence electrons. The zero-order chi connectivity index (χ0) is 19.6. The first-order valence-corrected chi connectivity index (χ1v) is 9.23. The summed E-state index contributed by atoms with van der Waals surface area (Å²) in [4.78, 5) is 40.7. The van der Waals surface area contributed by atoms with Crippen molar-refractivity contribution in [2.45, 2.75) is 20.0 Å². The molecule has 0 radical (unpaired) electrons. The number of carbonyl (C=O) groups is 2. The zero-order valence-corrected chi connectivity index (χ0v) is 16.1. The van der Waals surface area contributed by atoms with Gasteiger partial charge in [-0.1, -0.05) is 29.5 Å². The SMILES string of the molecule is C=CCn1c(=S)sc2c(=O)n(CC(=O)Nc3cccc(C(C)=O)c3)cnc21. The highest BCUT2D eigenvalue weighted by molar-refractivity contribution is 7.73. The minimum Gasteiger partial charge on any atom is -0.325 e. The first-order chi connectivity index (χ1) is 12.9. The van der Waals surface area contributed by atoms with Crippen molar-refractivity contribution < 1.29 is 9.59 Å². The van der Waals surface area contributed by atoms with E-state index in [1.165, 1.54) is 17.8 Å². The van der Waals surface area contributed by atoms with Crippen LogP contribution in [0.4, 0.5) is 5.69 Å². The van der Waals surface area contributed by atoms with E-state index >= 15 is 0 Å². The second kappa shape index (κ2) is 7.77. The van der Waals surface area contributed by atoms with Crippen LogP contribution in [0, 0.1) is 3.95 Å². The van der Waals surface area contributed by atoms with Gasteiger partial charge in [-0.15, -0.1) is 6.58 Å². The monoisotopic (exact) mass is 400 g/mol. The van der Waals surface area contributed by atoms with Gasteiger partial charge in [-0.3, -0.25) is 19.0 Å². The molecule has 1 N–H and O–H groups in total. The van der Waals surface area contributed by atoms with Crippen molar-refractivity contribution in [1.29, 1.82) is 0 Å². The maximum atomic E-state index is 12.7. The fraction of sp³-hybridized carbons (Fsp3) is 0.167. The third-order valence-electron chi connectivity index (χ3n) is 3.82. The Labute approximate surface area is 163 Å². The molecule has 1 amide bonds. The van der Waals surface area contributed by atoms with E-state index in [4.69, 9.17) is 12.2 Å². The first kappa shape index (κ1) is 18.9. The van der Waals surface area contributed by atoms with Crippen molar-refractivity contribution in [1.82, 2.24) is 14.1 Å². The Hall–Kier alpha value is -2.91. The van der Waals surface area contributed by atoms with Gasteiger partial charge in [-0.05, 0) is 31.3 Å². The lowest BCUT2D eigenvalue weighted by atomic mass is 10.1. The Morgan fingerprint density at radius 2 is 2.19 bits per heavy atom. The summed E-state index contributed by atoms with van der Waals surface area (Å²) < 4.78 is 3.88. The predicted octanol–water partition coefficient (Wildman–Crippen LogP) is 3.02. The van der Waals surface area contributed by atoms with Crippen molar-refractivity contribution in [3.05, 3.63) is 63.1 Å². The molecule has 27 heavy (non-hydrogen) atoms. The number of nitrogens with one attached hydrogen (secondary N) is 1. The van der Waals surface area contributed by atoms with Crippen LogP contribution in [-0.2, 0) is 17.9 Å². The van der Waals surface area contributed by atoms with E-state index in [-0.39, 0.29) is 17.9 Å². The van der Waals surface area contributed by atoms with E-state index in [0.717, 1.165) is 11.3 Å². The number of ketones is 1. The van der Waals surface area contributed by atoms with Gasteiger partial charge in [-0.2, -0.15) is 0 Å². The number of hydrogen-bond acceptors (Lipinski definition) is 6. The van der Waals surface area contributed by atoms with Gasteiger partial charge in [0, 0.05) is 17.8 Å². The van der Waals surface area contributed by atoms with Gasteiger partial charge in [0.2, 0.25) is 5.91 Å². The summed E-state index contributed by atoms with van der Waals surface area (Å²) >= 11 is 6.43. The Balaban J connectivity index is 1.85. The lowest BCUT2D eigenvalue weighted by molar-refractivity contribution is -0.116. The third kappa shape index (κ3) is 3.93. The van der Waals surface area contributed by atoms with Gasteiger partial charge in [0.15, 0.2) is 15.4 Å². The first-order valence-electron chi connectivity index (χ1n) is 8.01. The van der Waals surface area contributed by atoms with Gasteiger partial charge < -0.3 is 9.88 Å². The van der Waals surface area contributed by atoms with Crippen LogP contribution in [-0.4, -0.2) is 25.8 Å². The average Bonchev–Trinajstić information content (AvgIpc) is 2.95. The summed E-state index contributed by atoms with van der Waals surface area (Å²) in [5.41, 5.74) is 1.14. The number of allylic oxidation sites excluding steroid dienone is 1. The minimum absolute atomic E-state index is 0.0952. The summed E-state index contributed by atoms with van der Waals surface area (Å²) in [6.45, 7) is 5.39. The second-order valence-corrected chi connectivity index (χ2v) is 7.43. The van der Waals surface area contributed by atoms with E-state index in [9.17, 15) is 14.4 Å². The van der Waals surface area contributed by atoms with Gasteiger partial charge in [0.25, 0.3) is 5.56 Å². The van der Waals surface area contributed by atoms with Crippen LogP contribution in [0.1, 0.15) is 17.3 Å². The molecule has 2 aromatic heterocycles. The van der Waals surface area contributed by atoms with E-state index in [2.05, 4.69) is 16.9 Å². The maximum absolute atomic E-state index is 12.7. The Bertz CT molecular complexity index is 1170. The molecule has 2 heterocycles. The van der Waals surface area contributed by atoms with Crippen molar-refractivity contribution in [3.63, 3.8) is 0 Å². The molecule has 0 saturated carbocycles. The van der Waals surface area contributed by atoms with E-state index in [0.29, 0.717) is 32.1 Å². The normalized spacial score (nSPS) is 10.7. The molecule has 0 aliphatic heterocycles. The number of carbonyl (C=O) groups excluding carboxylic acids is 2. The number of fused-ring (bicyclic) bond motifs is 1. The number of rotatable bonds is 6. The molecule has 9 heteroatoms. The second-order valence-electron chi connectivity index (χ2n) is 5.78. The van der Waals surface area contributed by atoms with Crippen LogP contribution < -0.4 is 10.9 Å². The average molecular weight is 400 g/mol.